The summed E-state index contributed by atoms with van der Waals surface area (Å²) in [4.78, 5) is 19.0. The maximum atomic E-state index is 12.1. The van der Waals surface area contributed by atoms with Gasteiger partial charge in [0.1, 0.15) is 17.1 Å². The van der Waals surface area contributed by atoms with Gasteiger partial charge in [-0.3, -0.25) is 4.79 Å². The quantitative estimate of drug-likeness (QED) is 0.249. The van der Waals surface area contributed by atoms with Crippen LogP contribution in [-0.2, 0) is 9.53 Å². The zero-order valence-corrected chi connectivity index (χ0v) is 25.0. The number of aryl methyl sites for hydroxylation is 1. The summed E-state index contributed by atoms with van der Waals surface area (Å²) < 4.78 is 11.6. The van der Waals surface area contributed by atoms with E-state index in [2.05, 4.69) is 36.2 Å². The molecule has 4 rings (SSSR count). The Labute approximate surface area is 239 Å². The number of fused-ring (bicyclic) bond motifs is 1. The predicted molar refractivity (Wildman–Crippen MR) is 169 cm³/mol. The molecule has 0 unspecified atom stereocenters. The third-order valence-corrected chi connectivity index (χ3v) is 6.23. The van der Waals surface area contributed by atoms with Crippen LogP contribution < -0.4 is 10.2 Å². The second-order valence-electron chi connectivity index (χ2n) is 9.45. The molecule has 216 valence electrons. The maximum absolute atomic E-state index is 12.1. The van der Waals surface area contributed by atoms with E-state index in [9.17, 15) is 4.79 Å². The van der Waals surface area contributed by atoms with E-state index in [1.54, 1.807) is 20.1 Å². The number of likely N-dealkylation sites (N-methyl/N-ethyl adjacent to an activating group) is 1. The molecule has 0 aliphatic heterocycles. The lowest BCUT2D eigenvalue weighted by Gasteiger charge is -2.23. The SMILES string of the molecule is CC.CCN(CCOC)c1cc(N/C=C\CC(C)=N)nc2cc(C3=CC(=O)CCCC3)oc12.Cc1ccccc1. The Kier molecular flexibility index (Phi) is 14.5. The van der Waals surface area contributed by atoms with E-state index in [0.717, 1.165) is 54.7 Å². The summed E-state index contributed by atoms with van der Waals surface area (Å²) in [5.74, 6) is 1.58. The number of methoxy groups -OCH3 is 1. The van der Waals surface area contributed by atoms with E-state index in [4.69, 9.17) is 19.5 Å². The monoisotopic (exact) mass is 546 g/mol. The van der Waals surface area contributed by atoms with Gasteiger partial charge in [0.2, 0.25) is 0 Å². The first kappa shape index (κ1) is 32.5. The Bertz CT molecular complexity index is 1260. The third-order valence-electron chi connectivity index (χ3n) is 6.23. The highest BCUT2D eigenvalue weighted by Crippen LogP contribution is 2.35. The number of carbonyl (C=O) groups is 1. The minimum atomic E-state index is 0.158. The van der Waals surface area contributed by atoms with Gasteiger partial charge in [-0.05, 0) is 57.9 Å². The molecule has 0 bridgehead atoms. The number of carbonyl (C=O) groups excluding carboxylic acids is 1. The molecule has 7 heteroatoms. The van der Waals surface area contributed by atoms with Crippen LogP contribution in [0.25, 0.3) is 16.7 Å². The van der Waals surface area contributed by atoms with Crippen LogP contribution in [0.4, 0.5) is 11.5 Å². The van der Waals surface area contributed by atoms with E-state index in [1.807, 2.05) is 56.5 Å². The zero-order chi connectivity index (χ0) is 29.3. The van der Waals surface area contributed by atoms with E-state index >= 15 is 0 Å². The molecule has 0 spiro atoms. The van der Waals surface area contributed by atoms with Crippen molar-refractivity contribution in [3.8, 4) is 0 Å². The standard InChI is InChI=1S/C24H32N4O3.C7H8.C2H6/c1-4-28(12-13-30-3)21-16-23(26-11-7-8-17(2)25)27-20-15-22(31-24(20)21)18-9-5-6-10-19(29)14-18;1-7-5-3-2-4-6-7;1-2/h7,11,14-16,25H,4-6,8-10,12-13H2,1-3H3,(H,26,27);2-6H,1H3;1-2H3/b11-7-,25-17?;;. The van der Waals surface area contributed by atoms with Crippen LogP contribution in [0.1, 0.15) is 71.1 Å². The summed E-state index contributed by atoms with van der Waals surface area (Å²) in [6.07, 6.45) is 9.37. The molecule has 0 saturated heterocycles. The molecule has 1 aliphatic carbocycles. The fourth-order valence-corrected chi connectivity index (χ4v) is 4.18. The molecule has 2 N–H and O–H groups in total. The van der Waals surface area contributed by atoms with Crippen molar-refractivity contribution in [2.24, 2.45) is 0 Å². The molecule has 0 fully saturated rings. The first-order chi connectivity index (χ1) is 19.4. The molecule has 1 aromatic carbocycles. The zero-order valence-electron chi connectivity index (χ0n) is 25.0. The Morgan fingerprint density at radius 2 is 1.90 bits per heavy atom. The summed E-state index contributed by atoms with van der Waals surface area (Å²) >= 11 is 0. The molecule has 0 amide bonds. The highest BCUT2D eigenvalue weighted by atomic mass is 16.5. The Hall–Kier alpha value is -3.71. The number of allylic oxidation sites excluding steroid dienone is 3. The molecular formula is C33H46N4O3. The van der Waals surface area contributed by atoms with Gasteiger partial charge in [-0.25, -0.2) is 4.98 Å². The van der Waals surface area contributed by atoms with Gasteiger partial charge in [-0.1, -0.05) is 55.8 Å². The van der Waals surface area contributed by atoms with Crippen LogP contribution in [0.2, 0.25) is 0 Å². The van der Waals surface area contributed by atoms with E-state index in [-0.39, 0.29) is 5.78 Å². The molecule has 3 aromatic rings. The van der Waals surface area contributed by atoms with E-state index in [0.29, 0.717) is 36.7 Å². The van der Waals surface area contributed by atoms with E-state index < -0.39 is 0 Å². The molecule has 7 nitrogen and oxygen atoms in total. The molecule has 0 atom stereocenters. The average Bonchev–Trinajstić information content (AvgIpc) is 3.27. The van der Waals surface area contributed by atoms with Crippen molar-refractivity contribution in [3.05, 3.63) is 72.1 Å². The number of hydrogen-bond donors (Lipinski definition) is 2. The number of pyridine rings is 1. The lowest BCUT2D eigenvalue weighted by atomic mass is 10.1. The minimum absolute atomic E-state index is 0.158. The largest absolute Gasteiger partial charge is 0.453 e. The summed E-state index contributed by atoms with van der Waals surface area (Å²) in [7, 11) is 1.69. The van der Waals surface area contributed by atoms with Crippen molar-refractivity contribution in [2.75, 3.05) is 37.0 Å². The summed E-state index contributed by atoms with van der Waals surface area (Å²) in [6.45, 7) is 12.1. The van der Waals surface area contributed by atoms with Crippen LogP contribution >= 0.6 is 0 Å². The molecule has 2 aromatic heterocycles. The topological polar surface area (TPSA) is 91.5 Å². The molecular weight excluding hydrogens is 500 g/mol. The molecule has 40 heavy (non-hydrogen) atoms. The summed E-state index contributed by atoms with van der Waals surface area (Å²) in [5, 5.41) is 10.8. The second-order valence-corrected chi connectivity index (χ2v) is 9.45. The van der Waals surface area contributed by atoms with Crippen LogP contribution in [0.3, 0.4) is 0 Å². The van der Waals surface area contributed by atoms with Crippen molar-refractivity contribution >= 4 is 39.7 Å². The summed E-state index contributed by atoms with van der Waals surface area (Å²) in [5.41, 5.74) is 5.28. The number of furan rings is 1. The van der Waals surface area contributed by atoms with Crippen LogP contribution in [0.15, 0.2) is 65.2 Å². The number of anilines is 2. The van der Waals surface area contributed by atoms with E-state index in [1.165, 1.54) is 5.56 Å². The van der Waals surface area contributed by atoms with Crippen LogP contribution in [-0.4, -0.2) is 43.3 Å². The van der Waals surface area contributed by atoms with Crippen LogP contribution in [0.5, 0.6) is 0 Å². The number of nitrogens with zero attached hydrogens (tertiary/aromatic N) is 2. The lowest BCUT2D eigenvalue weighted by molar-refractivity contribution is -0.114. The highest BCUT2D eigenvalue weighted by Gasteiger charge is 2.19. The average molecular weight is 547 g/mol. The second kappa shape index (κ2) is 17.8. The normalized spacial score (nSPS) is 13.1. The van der Waals surface area contributed by atoms with Crippen LogP contribution in [0, 0.1) is 12.3 Å². The molecule has 2 heterocycles. The lowest BCUT2D eigenvalue weighted by Crippen LogP contribution is -2.27. The smallest absolute Gasteiger partial charge is 0.176 e. The van der Waals surface area contributed by atoms with Gasteiger partial charge in [-0.2, -0.15) is 0 Å². The number of ketones is 1. The Morgan fingerprint density at radius 3 is 2.52 bits per heavy atom. The van der Waals surface area contributed by atoms with Gasteiger partial charge in [0.15, 0.2) is 11.4 Å². The number of nitrogens with one attached hydrogen (secondary N) is 2. The fourth-order valence-electron chi connectivity index (χ4n) is 4.18. The van der Waals surface area contributed by atoms with Gasteiger partial charge in [0.05, 0.1) is 12.3 Å². The maximum Gasteiger partial charge on any atom is 0.176 e. The first-order valence-electron chi connectivity index (χ1n) is 14.3. The number of aromatic nitrogens is 1. The van der Waals surface area contributed by atoms with Gasteiger partial charge in [0.25, 0.3) is 0 Å². The molecule has 0 saturated carbocycles. The number of hydrogen-bond acceptors (Lipinski definition) is 7. The van der Waals surface area contributed by atoms with Crippen molar-refractivity contribution in [1.82, 2.24) is 4.98 Å². The van der Waals surface area contributed by atoms with Crippen molar-refractivity contribution in [2.45, 2.75) is 66.7 Å². The van der Waals surface area contributed by atoms with Crippen molar-refractivity contribution in [1.29, 1.82) is 5.41 Å². The third kappa shape index (κ3) is 10.5. The predicted octanol–water partition coefficient (Wildman–Crippen LogP) is 8.20. The van der Waals surface area contributed by atoms with Gasteiger partial charge < -0.3 is 24.8 Å². The van der Waals surface area contributed by atoms with Gasteiger partial charge in [-0.15, -0.1) is 0 Å². The number of rotatable bonds is 10. The number of ether oxygens (including phenoxy) is 1. The van der Waals surface area contributed by atoms with Crippen molar-refractivity contribution < 1.29 is 13.9 Å². The first-order valence-corrected chi connectivity index (χ1v) is 14.3. The Balaban J connectivity index is 0.000000534. The highest BCUT2D eigenvalue weighted by molar-refractivity contribution is 5.98. The number of benzene rings is 1. The molecule has 0 radical (unpaired) electrons. The van der Waals surface area contributed by atoms with Crippen molar-refractivity contribution in [3.63, 3.8) is 0 Å². The Morgan fingerprint density at radius 1 is 1.18 bits per heavy atom. The summed E-state index contributed by atoms with van der Waals surface area (Å²) in [6, 6.07) is 14.2. The van der Waals surface area contributed by atoms with Gasteiger partial charge >= 0.3 is 0 Å². The minimum Gasteiger partial charge on any atom is -0.453 e. The fraction of sp³-hybridized carbons (Fsp3) is 0.424. The molecule has 1 aliphatic rings. The van der Waals surface area contributed by atoms with Gasteiger partial charge in [0, 0.05) is 50.9 Å².